The summed E-state index contributed by atoms with van der Waals surface area (Å²) in [6, 6.07) is 15.0. The summed E-state index contributed by atoms with van der Waals surface area (Å²) in [5.41, 5.74) is 12.0. The molecule has 0 atom stereocenters. The smallest absolute Gasteiger partial charge is 0.0630 e. The lowest BCUT2D eigenvalue weighted by atomic mass is 10.1. The summed E-state index contributed by atoms with van der Waals surface area (Å²) in [7, 11) is 2.10. The van der Waals surface area contributed by atoms with E-state index in [0.717, 1.165) is 24.3 Å². The van der Waals surface area contributed by atoms with Crippen LogP contribution in [0, 0.1) is 6.92 Å². The molecule has 0 heterocycles. The molecule has 0 amide bonds. The van der Waals surface area contributed by atoms with E-state index in [-0.39, 0.29) is 0 Å². The highest BCUT2D eigenvalue weighted by Crippen LogP contribution is 2.27. The average molecular weight is 268 g/mol. The van der Waals surface area contributed by atoms with Gasteiger partial charge in [0.1, 0.15) is 0 Å². The number of nitrogens with two attached hydrogens (primary N) is 1. The lowest BCUT2D eigenvalue weighted by Crippen LogP contribution is -2.18. The lowest BCUT2D eigenvalue weighted by molar-refractivity contribution is 0.903. The predicted molar refractivity (Wildman–Crippen MR) is 88.1 cm³/mol. The van der Waals surface area contributed by atoms with Crippen LogP contribution in [-0.2, 0) is 13.0 Å². The van der Waals surface area contributed by atoms with Crippen LogP contribution < -0.4 is 10.6 Å². The third kappa shape index (κ3) is 3.32. The van der Waals surface area contributed by atoms with Crippen molar-refractivity contribution in [2.24, 2.45) is 0 Å². The second kappa shape index (κ2) is 6.47. The Labute approximate surface area is 122 Å². The molecule has 0 saturated heterocycles. The van der Waals surface area contributed by atoms with Crippen molar-refractivity contribution in [3.8, 4) is 0 Å². The van der Waals surface area contributed by atoms with E-state index in [9.17, 15) is 0 Å². The maximum absolute atomic E-state index is 6.10. The van der Waals surface area contributed by atoms with Crippen molar-refractivity contribution in [2.75, 3.05) is 17.7 Å². The van der Waals surface area contributed by atoms with Crippen LogP contribution in [0.3, 0.4) is 0 Å². The zero-order valence-corrected chi connectivity index (χ0v) is 12.7. The van der Waals surface area contributed by atoms with Gasteiger partial charge in [-0.2, -0.15) is 0 Å². The van der Waals surface area contributed by atoms with E-state index in [1.807, 2.05) is 12.1 Å². The molecule has 106 valence electrons. The number of nitrogens with zero attached hydrogens (tertiary/aromatic N) is 1. The van der Waals surface area contributed by atoms with Crippen molar-refractivity contribution >= 4 is 11.4 Å². The molecule has 0 aliphatic carbocycles. The van der Waals surface area contributed by atoms with Gasteiger partial charge in [-0.1, -0.05) is 49.7 Å². The first-order valence-electron chi connectivity index (χ1n) is 7.26. The molecule has 2 aromatic carbocycles. The monoisotopic (exact) mass is 268 g/mol. The first-order chi connectivity index (χ1) is 9.61. The Hall–Kier alpha value is -1.96. The van der Waals surface area contributed by atoms with Crippen LogP contribution in [0.5, 0.6) is 0 Å². The highest BCUT2D eigenvalue weighted by Gasteiger charge is 2.08. The van der Waals surface area contributed by atoms with Crippen LogP contribution in [0.2, 0.25) is 0 Å². The molecule has 0 aliphatic rings. The number of benzene rings is 2. The fourth-order valence-corrected chi connectivity index (χ4v) is 2.66. The van der Waals surface area contributed by atoms with Gasteiger partial charge in [-0.15, -0.1) is 0 Å². The van der Waals surface area contributed by atoms with E-state index in [1.54, 1.807) is 0 Å². The molecule has 2 rings (SSSR count). The van der Waals surface area contributed by atoms with Gasteiger partial charge in [0.2, 0.25) is 0 Å². The molecule has 0 fully saturated rings. The molecule has 0 bridgehead atoms. The Balaban J connectivity index is 2.13. The summed E-state index contributed by atoms with van der Waals surface area (Å²) in [6.07, 6.45) is 2.35. The van der Waals surface area contributed by atoms with Gasteiger partial charge in [-0.25, -0.2) is 0 Å². The van der Waals surface area contributed by atoms with Crippen LogP contribution in [-0.4, -0.2) is 7.05 Å². The quantitative estimate of drug-likeness (QED) is 0.825. The van der Waals surface area contributed by atoms with Crippen LogP contribution in [0.4, 0.5) is 11.4 Å². The van der Waals surface area contributed by atoms with E-state index in [4.69, 9.17) is 5.73 Å². The number of nitrogen functional groups attached to an aromatic ring is 1. The van der Waals surface area contributed by atoms with Gasteiger partial charge in [0.05, 0.1) is 11.4 Å². The highest BCUT2D eigenvalue weighted by molar-refractivity contribution is 5.71. The van der Waals surface area contributed by atoms with Gasteiger partial charge in [0.25, 0.3) is 0 Å². The molecule has 0 radical (unpaired) electrons. The standard InChI is InChI=1S/C18H24N2/c1-4-6-15-9-11-16(12-10-15)13-20(3)18-14(2)7-5-8-17(18)19/h5,7-12H,4,6,13,19H2,1-3H3. The molecule has 2 N–H and O–H groups in total. The number of hydrogen-bond acceptors (Lipinski definition) is 2. The molecular weight excluding hydrogens is 244 g/mol. The molecule has 0 aromatic heterocycles. The van der Waals surface area contributed by atoms with E-state index in [2.05, 4.69) is 56.1 Å². The summed E-state index contributed by atoms with van der Waals surface area (Å²) < 4.78 is 0. The van der Waals surface area contributed by atoms with Crippen molar-refractivity contribution < 1.29 is 0 Å². The Morgan fingerprint density at radius 1 is 1.00 bits per heavy atom. The number of rotatable bonds is 5. The minimum Gasteiger partial charge on any atom is -0.397 e. The third-order valence-corrected chi connectivity index (χ3v) is 3.63. The summed E-state index contributed by atoms with van der Waals surface area (Å²) >= 11 is 0. The Morgan fingerprint density at radius 2 is 1.65 bits per heavy atom. The topological polar surface area (TPSA) is 29.3 Å². The van der Waals surface area contributed by atoms with Gasteiger partial charge >= 0.3 is 0 Å². The molecule has 0 saturated carbocycles. The van der Waals surface area contributed by atoms with Crippen molar-refractivity contribution in [1.29, 1.82) is 0 Å². The van der Waals surface area contributed by atoms with E-state index in [1.165, 1.54) is 23.1 Å². The second-order valence-corrected chi connectivity index (χ2v) is 5.44. The zero-order valence-electron chi connectivity index (χ0n) is 12.7. The van der Waals surface area contributed by atoms with Crippen LogP contribution >= 0.6 is 0 Å². The Morgan fingerprint density at radius 3 is 2.25 bits per heavy atom. The highest BCUT2D eigenvalue weighted by atomic mass is 15.1. The van der Waals surface area contributed by atoms with Crippen molar-refractivity contribution in [1.82, 2.24) is 0 Å². The number of para-hydroxylation sites is 1. The molecule has 2 nitrogen and oxygen atoms in total. The van der Waals surface area contributed by atoms with E-state index >= 15 is 0 Å². The van der Waals surface area contributed by atoms with Gasteiger partial charge in [0.15, 0.2) is 0 Å². The zero-order chi connectivity index (χ0) is 14.5. The fourth-order valence-electron chi connectivity index (χ4n) is 2.66. The Bertz CT molecular complexity index is 538. The SMILES string of the molecule is CCCc1ccc(CN(C)c2c(C)cccc2N)cc1. The first-order valence-corrected chi connectivity index (χ1v) is 7.26. The van der Waals surface area contributed by atoms with Crippen molar-refractivity contribution in [3.05, 3.63) is 59.2 Å². The summed E-state index contributed by atoms with van der Waals surface area (Å²) in [5.74, 6) is 0. The van der Waals surface area contributed by atoms with Gasteiger partial charge in [-0.05, 0) is 36.1 Å². The minimum atomic E-state index is 0.843. The van der Waals surface area contributed by atoms with E-state index < -0.39 is 0 Å². The lowest BCUT2D eigenvalue weighted by Gasteiger charge is -2.23. The molecule has 2 aromatic rings. The van der Waals surface area contributed by atoms with Crippen LogP contribution in [0.25, 0.3) is 0 Å². The van der Waals surface area contributed by atoms with Crippen LogP contribution in [0.1, 0.15) is 30.0 Å². The number of aryl methyl sites for hydroxylation is 2. The average Bonchev–Trinajstić information content (AvgIpc) is 2.41. The van der Waals surface area contributed by atoms with Gasteiger partial charge in [-0.3, -0.25) is 0 Å². The molecule has 0 spiro atoms. The number of anilines is 2. The van der Waals surface area contributed by atoms with Gasteiger partial charge in [0, 0.05) is 13.6 Å². The Kier molecular flexibility index (Phi) is 4.67. The minimum absolute atomic E-state index is 0.843. The summed E-state index contributed by atoms with van der Waals surface area (Å²) in [6.45, 7) is 5.19. The summed E-state index contributed by atoms with van der Waals surface area (Å²) in [4.78, 5) is 2.22. The molecule has 0 aliphatic heterocycles. The number of hydrogen-bond donors (Lipinski definition) is 1. The summed E-state index contributed by atoms with van der Waals surface area (Å²) in [5, 5.41) is 0. The molecule has 20 heavy (non-hydrogen) atoms. The van der Waals surface area contributed by atoms with Gasteiger partial charge < -0.3 is 10.6 Å². The normalized spacial score (nSPS) is 10.6. The predicted octanol–water partition coefficient (Wildman–Crippen LogP) is 4.17. The largest absolute Gasteiger partial charge is 0.397 e. The van der Waals surface area contributed by atoms with Crippen LogP contribution in [0.15, 0.2) is 42.5 Å². The van der Waals surface area contributed by atoms with Crippen molar-refractivity contribution in [2.45, 2.75) is 33.2 Å². The molecule has 2 heteroatoms. The van der Waals surface area contributed by atoms with Crippen molar-refractivity contribution in [3.63, 3.8) is 0 Å². The third-order valence-electron chi connectivity index (χ3n) is 3.63. The molecule has 0 unspecified atom stereocenters. The second-order valence-electron chi connectivity index (χ2n) is 5.44. The maximum Gasteiger partial charge on any atom is 0.0630 e. The van der Waals surface area contributed by atoms with E-state index in [0.29, 0.717) is 0 Å². The maximum atomic E-state index is 6.10. The fraction of sp³-hybridized carbons (Fsp3) is 0.333. The first kappa shape index (κ1) is 14.4. The molecular formula is C18H24N2.